The van der Waals surface area contributed by atoms with Crippen molar-refractivity contribution in [2.45, 2.75) is 83.8 Å². The number of halogens is 3. The molecule has 1 aliphatic heterocycles. The lowest BCUT2D eigenvalue weighted by molar-refractivity contribution is -0.189. The van der Waals surface area contributed by atoms with E-state index < -0.39 is 11.6 Å². The Labute approximate surface area is 236 Å². The molecular formula is C34H41F3O3. The molecule has 216 valence electrons. The number of rotatable bonds is 14. The normalized spacial score (nSPS) is 17.2. The number of benzene rings is 3. The molecule has 4 rings (SSSR count). The van der Waals surface area contributed by atoms with E-state index in [-0.39, 0.29) is 29.3 Å². The second-order valence-corrected chi connectivity index (χ2v) is 10.6. The first-order valence-corrected chi connectivity index (χ1v) is 14.8. The summed E-state index contributed by atoms with van der Waals surface area (Å²) in [7, 11) is 0. The minimum Gasteiger partial charge on any atom is -0.490 e. The van der Waals surface area contributed by atoms with E-state index in [2.05, 4.69) is 13.8 Å². The summed E-state index contributed by atoms with van der Waals surface area (Å²) in [6.07, 6.45) is 9.54. The maximum Gasteiger partial charge on any atom is 0.201 e. The molecule has 0 saturated carbocycles. The summed E-state index contributed by atoms with van der Waals surface area (Å²) in [4.78, 5) is 0. The molecule has 3 aromatic rings. The van der Waals surface area contributed by atoms with Crippen LogP contribution in [0.4, 0.5) is 13.2 Å². The fourth-order valence-corrected chi connectivity index (χ4v) is 5.09. The fraction of sp³-hybridized carbons (Fsp3) is 0.471. The van der Waals surface area contributed by atoms with Gasteiger partial charge in [-0.15, -0.1) is 0 Å². The van der Waals surface area contributed by atoms with Gasteiger partial charge in [0, 0.05) is 17.0 Å². The molecule has 0 spiro atoms. The van der Waals surface area contributed by atoms with Gasteiger partial charge in [-0.2, -0.15) is 4.39 Å². The lowest BCUT2D eigenvalue weighted by Gasteiger charge is -2.29. The number of hydrogen-bond donors (Lipinski definition) is 0. The standard InChI is InChI=1S/C34H41F3O3/c1-3-5-6-7-8-9-10-20-38-31-19-18-29(33(36)34(31)37)25-14-12-24(13-15-25)28-17-16-26(21-30(28)35)27-22-39-32(11-4-2)40-23-27/h12-19,21,27,32H,3-11,20,22-23H2,1-2H3. The molecule has 0 aliphatic carbocycles. The molecule has 6 heteroatoms. The molecular weight excluding hydrogens is 513 g/mol. The van der Waals surface area contributed by atoms with E-state index in [1.165, 1.54) is 43.9 Å². The second-order valence-electron chi connectivity index (χ2n) is 10.6. The average Bonchev–Trinajstić information content (AvgIpc) is 2.97. The first kappa shape index (κ1) is 30.1. The monoisotopic (exact) mass is 554 g/mol. The molecule has 0 N–H and O–H groups in total. The van der Waals surface area contributed by atoms with Crippen LogP contribution in [0.2, 0.25) is 0 Å². The Morgan fingerprint density at radius 2 is 1.32 bits per heavy atom. The molecule has 0 bridgehead atoms. The summed E-state index contributed by atoms with van der Waals surface area (Å²) in [6.45, 7) is 5.64. The largest absolute Gasteiger partial charge is 0.490 e. The predicted molar refractivity (Wildman–Crippen MR) is 154 cm³/mol. The van der Waals surface area contributed by atoms with Crippen molar-refractivity contribution in [3.63, 3.8) is 0 Å². The van der Waals surface area contributed by atoms with Gasteiger partial charge in [0.05, 0.1) is 19.8 Å². The van der Waals surface area contributed by atoms with Crippen molar-refractivity contribution >= 4 is 0 Å². The Hall–Kier alpha value is -2.83. The smallest absolute Gasteiger partial charge is 0.201 e. The number of ether oxygens (including phenoxy) is 3. The highest BCUT2D eigenvalue weighted by Crippen LogP contribution is 2.33. The Balaban J connectivity index is 1.35. The van der Waals surface area contributed by atoms with E-state index in [0.717, 1.165) is 37.7 Å². The van der Waals surface area contributed by atoms with Crippen molar-refractivity contribution in [1.29, 1.82) is 0 Å². The second kappa shape index (κ2) is 15.2. The zero-order valence-electron chi connectivity index (χ0n) is 23.7. The molecule has 0 aromatic heterocycles. The highest BCUT2D eigenvalue weighted by molar-refractivity contribution is 5.71. The molecule has 0 unspecified atom stereocenters. The third-order valence-corrected chi connectivity index (χ3v) is 7.51. The van der Waals surface area contributed by atoms with Gasteiger partial charge in [-0.25, -0.2) is 8.78 Å². The van der Waals surface area contributed by atoms with Gasteiger partial charge in [-0.05, 0) is 47.7 Å². The van der Waals surface area contributed by atoms with Crippen LogP contribution >= 0.6 is 0 Å². The molecule has 0 radical (unpaired) electrons. The van der Waals surface area contributed by atoms with Gasteiger partial charge in [0.2, 0.25) is 5.82 Å². The van der Waals surface area contributed by atoms with Crippen LogP contribution in [0.3, 0.4) is 0 Å². The van der Waals surface area contributed by atoms with Crippen LogP contribution in [0, 0.1) is 17.5 Å². The van der Waals surface area contributed by atoms with Gasteiger partial charge < -0.3 is 14.2 Å². The quantitative estimate of drug-likeness (QED) is 0.186. The highest BCUT2D eigenvalue weighted by Gasteiger charge is 2.24. The van der Waals surface area contributed by atoms with Crippen LogP contribution in [0.25, 0.3) is 22.3 Å². The van der Waals surface area contributed by atoms with Crippen molar-refractivity contribution in [2.24, 2.45) is 0 Å². The van der Waals surface area contributed by atoms with Crippen molar-refractivity contribution in [1.82, 2.24) is 0 Å². The van der Waals surface area contributed by atoms with Gasteiger partial charge in [0.25, 0.3) is 0 Å². The van der Waals surface area contributed by atoms with Crippen LogP contribution in [-0.2, 0) is 9.47 Å². The minimum atomic E-state index is -0.983. The SMILES string of the molecule is CCCCCCCCCOc1ccc(-c2ccc(-c3ccc(C4COC(CCC)OC4)cc3F)cc2)c(F)c1F. The Bertz CT molecular complexity index is 1200. The molecule has 0 amide bonds. The summed E-state index contributed by atoms with van der Waals surface area (Å²) in [5.41, 5.74) is 2.58. The summed E-state index contributed by atoms with van der Waals surface area (Å²) in [5.74, 6) is -2.36. The third-order valence-electron chi connectivity index (χ3n) is 7.51. The zero-order chi connectivity index (χ0) is 28.3. The van der Waals surface area contributed by atoms with Crippen LogP contribution in [0.5, 0.6) is 5.75 Å². The zero-order valence-corrected chi connectivity index (χ0v) is 23.7. The van der Waals surface area contributed by atoms with Crippen LogP contribution in [0.15, 0.2) is 54.6 Å². The fourth-order valence-electron chi connectivity index (χ4n) is 5.09. The maximum absolute atomic E-state index is 15.1. The van der Waals surface area contributed by atoms with Crippen molar-refractivity contribution in [2.75, 3.05) is 19.8 Å². The van der Waals surface area contributed by atoms with Crippen LogP contribution in [-0.4, -0.2) is 26.1 Å². The van der Waals surface area contributed by atoms with E-state index in [1.54, 1.807) is 30.3 Å². The molecule has 1 aliphatic rings. The summed E-state index contributed by atoms with van der Waals surface area (Å²) < 4.78 is 61.8. The Kier molecular flexibility index (Phi) is 11.5. The summed E-state index contributed by atoms with van der Waals surface area (Å²) in [6, 6.07) is 15.0. The molecule has 1 heterocycles. The summed E-state index contributed by atoms with van der Waals surface area (Å²) in [5, 5.41) is 0. The Morgan fingerprint density at radius 1 is 0.700 bits per heavy atom. The number of hydrogen-bond acceptors (Lipinski definition) is 3. The van der Waals surface area contributed by atoms with Gasteiger partial charge in [0.1, 0.15) is 5.82 Å². The molecule has 3 aromatic carbocycles. The van der Waals surface area contributed by atoms with Crippen molar-refractivity contribution < 1.29 is 27.4 Å². The topological polar surface area (TPSA) is 27.7 Å². The minimum absolute atomic E-state index is 0.0144. The van der Waals surface area contributed by atoms with E-state index in [0.29, 0.717) is 36.5 Å². The number of unbranched alkanes of at least 4 members (excludes halogenated alkanes) is 6. The van der Waals surface area contributed by atoms with E-state index >= 15 is 4.39 Å². The van der Waals surface area contributed by atoms with Gasteiger partial charge in [-0.1, -0.05) is 95.2 Å². The van der Waals surface area contributed by atoms with Crippen LogP contribution < -0.4 is 4.74 Å². The maximum atomic E-state index is 15.1. The van der Waals surface area contributed by atoms with E-state index in [4.69, 9.17) is 14.2 Å². The van der Waals surface area contributed by atoms with E-state index in [9.17, 15) is 8.78 Å². The van der Waals surface area contributed by atoms with Crippen molar-refractivity contribution in [3.8, 4) is 28.0 Å². The highest BCUT2D eigenvalue weighted by atomic mass is 19.2. The lowest BCUT2D eigenvalue weighted by Crippen LogP contribution is -2.30. The molecule has 3 nitrogen and oxygen atoms in total. The molecule has 1 saturated heterocycles. The molecule has 40 heavy (non-hydrogen) atoms. The molecule has 0 atom stereocenters. The van der Waals surface area contributed by atoms with Gasteiger partial charge in [-0.3, -0.25) is 0 Å². The predicted octanol–water partition coefficient (Wildman–Crippen LogP) is 9.82. The summed E-state index contributed by atoms with van der Waals surface area (Å²) >= 11 is 0. The lowest BCUT2D eigenvalue weighted by atomic mass is 9.95. The van der Waals surface area contributed by atoms with Crippen molar-refractivity contribution in [3.05, 3.63) is 77.6 Å². The molecule has 1 fully saturated rings. The van der Waals surface area contributed by atoms with Crippen LogP contribution in [0.1, 0.15) is 83.1 Å². The average molecular weight is 555 g/mol. The van der Waals surface area contributed by atoms with Gasteiger partial charge >= 0.3 is 0 Å². The van der Waals surface area contributed by atoms with E-state index in [1.807, 2.05) is 6.07 Å². The Morgan fingerprint density at radius 3 is 1.98 bits per heavy atom. The van der Waals surface area contributed by atoms with Gasteiger partial charge in [0.15, 0.2) is 17.9 Å². The first-order chi connectivity index (χ1) is 19.5. The third kappa shape index (κ3) is 7.88. The first-order valence-electron chi connectivity index (χ1n) is 14.8.